The van der Waals surface area contributed by atoms with E-state index in [4.69, 9.17) is 0 Å². The van der Waals surface area contributed by atoms with Crippen LogP contribution in [0.25, 0.3) is 0 Å². The van der Waals surface area contributed by atoms with Crippen LogP contribution >= 0.6 is 0 Å². The Labute approximate surface area is 31.7 Å². The molecule has 1 aliphatic rings. The van der Waals surface area contributed by atoms with Gasteiger partial charge in [-0.3, -0.25) is 0 Å². The van der Waals surface area contributed by atoms with Gasteiger partial charge >= 0.3 is 0 Å². The third-order valence-electron chi connectivity index (χ3n) is 0.538. The summed E-state index contributed by atoms with van der Waals surface area (Å²) in [5.74, 6) is 2.01. The van der Waals surface area contributed by atoms with Gasteiger partial charge in [0.25, 0.3) is 7.41 Å². The van der Waals surface area contributed by atoms with Crippen LogP contribution in [0.3, 0.4) is 0 Å². The zero-order valence-corrected chi connectivity index (χ0v) is 2.89. The highest BCUT2D eigenvalue weighted by molar-refractivity contribution is 6.44. The number of nitrogens with zero attached hydrogens (tertiary/aromatic N) is 1. The second-order valence-corrected chi connectivity index (χ2v) is 0.942. The third-order valence-corrected chi connectivity index (χ3v) is 0.538. The summed E-state index contributed by atoms with van der Waals surface area (Å²) in [7, 11) is 0.889. The average Bonchev–Trinajstić information content (AvgIpc) is 1.76. The van der Waals surface area contributed by atoms with Crippen molar-refractivity contribution in [1.82, 2.24) is 0 Å². The minimum Gasteiger partial charge on any atom is -0.348 e. The van der Waals surface area contributed by atoms with Crippen molar-refractivity contribution in [3.8, 4) is 0 Å². The van der Waals surface area contributed by atoms with Crippen molar-refractivity contribution in [3.05, 3.63) is 12.1 Å². The number of rotatable bonds is 0. The van der Waals surface area contributed by atoms with Crippen molar-refractivity contribution in [1.29, 1.82) is 0 Å². The fourth-order valence-corrected chi connectivity index (χ4v) is 0.304. The molecular weight excluding hydrogens is 60.9 g/mol. The van der Waals surface area contributed by atoms with Crippen molar-refractivity contribution < 1.29 is 0 Å². The summed E-state index contributed by atoms with van der Waals surface area (Å²) in [6.45, 7) is 0. The maximum absolute atomic E-state index is 3.85. The fourth-order valence-electron chi connectivity index (χ4n) is 0.304. The molecule has 0 N–H and O–H groups in total. The molecule has 0 aromatic carbocycles. The molecule has 2 heteroatoms. The summed E-state index contributed by atoms with van der Waals surface area (Å²) in [4.78, 5) is 3.85. The lowest BCUT2D eigenvalue weighted by atomic mass is 10.00. The van der Waals surface area contributed by atoms with E-state index in [1.165, 1.54) is 0 Å². The molecule has 0 saturated heterocycles. The highest BCUT2D eigenvalue weighted by Gasteiger charge is 1.77. The predicted octanol–water partition coefficient (Wildman–Crippen LogP) is -0.0640. The lowest BCUT2D eigenvalue weighted by Gasteiger charge is -1.55. The monoisotopic (exact) mass is 65.0 g/mol. The smallest absolute Gasteiger partial charge is 0.287 e. The zero-order valence-electron chi connectivity index (χ0n) is 2.89. The predicted molar refractivity (Wildman–Crippen MR) is 24.8 cm³/mol. The van der Waals surface area contributed by atoms with Gasteiger partial charge in [0, 0.05) is 6.21 Å². The van der Waals surface area contributed by atoms with Crippen LogP contribution in [0.5, 0.6) is 0 Å². The first-order valence-electron chi connectivity index (χ1n) is 1.65. The first-order chi connectivity index (χ1) is 2.50. The summed E-state index contributed by atoms with van der Waals surface area (Å²) < 4.78 is 0. The van der Waals surface area contributed by atoms with Crippen LogP contribution in [0.1, 0.15) is 0 Å². The Bertz CT molecular complexity index is 65.0. The second-order valence-electron chi connectivity index (χ2n) is 0.942. The highest BCUT2D eigenvalue weighted by atomic mass is 14.6. The van der Waals surface area contributed by atoms with E-state index in [2.05, 4.69) is 4.90 Å². The molecule has 1 aliphatic heterocycles. The number of allylic oxidation sites excluding steroid dienone is 1. The van der Waals surface area contributed by atoms with Gasteiger partial charge in [-0.2, -0.15) is 0 Å². The van der Waals surface area contributed by atoms with Gasteiger partial charge in [0.1, 0.15) is 0 Å². The van der Waals surface area contributed by atoms with Gasteiger partial charge in [0.05, 0.1) is 0 Å². The van der Waals surface area contributed by atoms with Gasteiger partial charge in [0.2, 0.25) is 0 Å². The molecule has 0 unspecified atom stereocenters. The van der Waals surface area contributed by atoms with Crippen LogP contribution in [0.15, 0.2) is 17.0 Å². The molecule has 0 spiro atoms. The molecule has 1 heterocycles. The standard InChI is InChI=1S/C3H4BN/c1-2-4-5-3-1/h1-4H. The van der Waals surface area contributed by atoms with Gasteiger partial charge in [-0.15, -0.1) is 0 Å². The van der Waals surface area contributed by atoms with E-state index in [1.807, 2.05) is 12.1 Å². The summed E-state index contributed by atoms with van der Waals surface area (Å²) in [5, 5.41) is 0. The summed E-state index contributed by atoms with van der Waals surface area (Å²) >= 11 is 0. The lowest BCUT2D eigenvalue weighted by molar-refractivity contribution is 1.94. The quantitative estimate of drug-likeness (QED) is 0.350. The summed E-state index contributed by atoms with van der Waals surface area (Å²) in [5.41, 5.74) is 0. The van der Waals surface area contributed by atoms with E-state index in [1.54, 1.807) is 6.21 Å². The maximum atomic E-state index is 3.85. The Morgan fingerprint density at radius 3 is 2.80 bits per heavy atom. The van der Waals surface area contributed by atoms with E-state index in [9.17, 15) is 0 Å². The van der Waals surface area contributed by atoms with Gasteiger partial charge < -0.3 is 4.90 Å². The molecule has 0 radical (unpaired) electrons. The van der Waals surface area contributed by atoms with E-state index in [0.717, 1.165) is 7.41 Å². The molecule has 0 aliphatic carbocycles. The molecule has 0 amide bonds. The Hall–Kier alpha value is -0.525. The number of hydrogen-bond acceptors (Lipinski definition) is 1. The Kier molecular flexibility index (Phi) is 0.574. The van der Waals surface area contributed by atoms with E-state index in [0.29, 0.717) is 0 Å². The van der Waals surface area contributed by atoms with Gasteiger partial charge in [-0.1, -0.05) is 12.1 Å². The molecular formula is C3H4BN. The lowest BCUT2D eigenvalue weighted by Crippen LogP contribution is -1.63. The Balaban J connectivity index is 2.61. The molecule has 1 rings (SSSR count). The SMILES string of the molecule is B1C=CC=N1. The van der Waals surface area contributed by atoms with Crippen molar-refractivity contribution in [3.63, 3.8) is 0 Å². The van der Waals surface area contributed by atoms with Gasteiger partial charge in [-0.25, -0.2) is 0 Å². The molecule has 24 valence electrons. The summed E-state index contributed by atoms with van der Waals surface area (Å²) in [6, 6.07) is 0. The first kappa shape index (κ1) is 2.70. The molecule has 0 atom stereocenters. The summed E-state index contributed by atoms with van der Waals surface area (Å²) in [6.07, 6.45) is 3.75. The Morgan fingerprint density at radius 2 is 2.60 bits per heavy atom. The largest absolute Gasteiger partial charge is 0.348 e. The molecule has 1 nitrogen and oxygen atoms in total. The first-order valence-corrected chi connectivity index (χ1v) is 1.65. The van der Waals surface area contributed by atoms with Gasteiger partial charge in [0.15, 0.2) is 0 Å². The molecule has 0 saturated carbocycles. The molecule has 0 aromatic heterocycles. The van der Waals surface area contributed by atoms with Crippen LogP contribution in [0, 0.1) is 0 Å². The third kappa shape index (κ3) is 0.378. The van der Waals surface area contributed by atoms with Crippen LogP contribution < -0.4 is 0 Å². The van der Waals surface area contributed by atoms with Crippen LogP contribution in [0.4, 0.5) is 0 Å². The van der Waals surface area contributed by atoms with E-state index in [-0.39, 0.29) is 0 Å². The minimum absolute atomic E-state index is 0.889. The van der Waals surface area contributed by atoms with Crippen molar-refractivity contribution in [2.75, 3.05) is 0 Å². The fraction of sp³-hybridized carbons (Fsp3) is 0. The zero-order chi connectivity index (χ0) is 3.54. The van der Waals surface area contributed by atoms with Crippen molar-refractivity contribution >= 4 is 13.6 Å². The highest BCUT2D eigenvalue weighted by Crippen LogP contribution is 1.75. The number of hydrogen-bond donors (Lipinski definition) is 0. The van der Waals surface area contributed by atoms with E-state index < -0.39 is 0 Å². The average molecular weight is 64.9 g/mol. The maximum Gasteiger partial charge on any atom is 0.287 e. The minimum atomic E-state index is 0.889. The molecule has 0 bridgehead atoms. The molecule has 0 aromatic rings. The van der Waals surface area contributed by atoms with Crippen LogP contribution in [0.2, 0.25) is 0 Å². The normalized spacial score (nSPS) is 16.0. The topological polar surface area (TPSA) is 12.4 Å². The van der Waals surface area contributed by atoms with Crippen molar-refractivity contribution in [2.24, 2.45) is 4.90 Å². The van der Waals surface area contributed by atoms with Crippen molar-refractivity contribution in [2.45, 2.75) is 0 Å². The molecule has 5 heavy (non-hydrogen) atoms. The van der Waals surface area contributed by atoms with Crippen LogP contribution in [-0.2, 0) is 0 Å². The Morgan fingerprint density at radius 1 is 1.60 bits per heavy atom. The van der Waals surface area contributed by atoms with Gasteiger partial charge in [-0.05, 0) is 0 Å². The van der Waals surface area contributed by atoms with E-state index >= 15 is 0 Å². The van der Waals surface area contributed by atoms with Crippen LogP contribution in [-0.4, -0.2) is 13.6 Å². The molecule has 0 fully saturated rings. The second kappa shape index (κ2) is 1.06.